The van der Waals surface area contributed by atoms with Gasteiger partial charge in [-0.15, -0.1) is 11.6 Å². The molecule has 3 atom stereocenters. The molecule has 0 radical (unpaired) electrons. The molecule has 3 nitrogen and oxygen atoms in total. The molecule has 1 N–H and O–H groups in total. The number of aliphatic carboxylic acids is 1. The maximum absolute atomic E-state index is 12.8. The first kappa shape index (κ1) is 23.4. The van der Waals surface area contributed by atoms with Gasteiger partial charge in [0.25, 0.3) is 0 Å². The summed E-state index contributed by atoms with van der Waals surface area (Å²) >= 11 is 8.10. The lowest BCUT2D eigenvalue weighted by molar-refractivity contribution is -0.138. The summed E-state index contributed by atoms with van der Waals surface area (Å²) in [7, 11) is 0. The van der Waals surface area contributed by atoms with Crippen molar-refractivity contribution in [2.75, 3.05) is 18.1 Å². The average Bonchev–Trinajstić information content (AvgIpc) is 2.97. The van der Waals surface area contributed by atoms with Crippen LogP contribution < -0.4 is 0 Å². The summed E-state index contributed by atoms with van der Waals surface area (Å²) in [5.41, 5.74) is -0.143. The second-order valence-electron chi connectivity index (χ2n) is 7.13. The van der Waals surface area contributed by atoms with Crippen molar-refractivity contribution < 1.29 is 27.8 Å². The minimum atomic E-state index is -4.35. The van der Waals surface area contributed by atoms with Crippen LogP contribution in [0.15, 0.2) is 24.3 Å². The van der Waals surface area contributed by atoms with Crippen molar-refractivity contribution in [3.05, 3.63) is 35.4 Å². The molecule has 0 bridgehead atoms. The molecular formula is C20H26ClF3O3S. The SMILES string of the molecule is O=C(O)CCSCCC[C@@H]1[C@@H](COCc2cccc(C(F)(F)F)c2)CC[C@H]1Cl. The number of ether oxygens (including phenoxy) is 1. The minimum Gasteiger partial charge on any atom is -0.481 e. The topological polar surface area (TPSA) is 46.5 Å². The van der Waals surface area contributed by atoms with Crippen molar-refractivity contribution in [3.63, 3.8) is 0 Å². The van der Waals surface area contributed by atoms with Crippen LogP contribution >= 0.6 is 23.4 Å². The first-order chi connectivity index (χ1) is 13.3. The van der Waals surface area contributed by atoms with Crippen LogP contribution in [0.4, 0.5) is 13.2 Å². The van der Waals surface area contributed by atoms with E-state index in [4.69, 9.17) is 21.4 Å². The molecule has 8 heteroatoms. The molecule has 1 aliphatic rings. The number of benzene rings is 1. The van der Waals surface area contributed by atoms with Crippen LogP contribution in [0.3, 0.4) is 0 Å². The minimum absolute atomic E-state index is 0.103. The van der Waals surface area contributed by atoms with E-state index >= 15 is 0 Å². The Hall–Kier alpha value is -0.920. The highest BCUT2D eigenvalue weighted by Gasteiger charge is 2.34. The number of thioether (sulfide) groups is 1. The van der Waals surface area contributed by atoms with Crippen molar-refractivity contribution in [2.45, 2.75) is 50.3 Å². The van der Waals surface area contributed by atoms with Gasteiger partial charge >= 0.3 is 12.1 Å². The molecule has 0 aromatic heterocycles. The molecule has 158 valence electrons. The summed E-state index contributed by atoms with van der Waals surface area (Å²) in [6, 6.07) is 5.23. The van der Waals surface area contributed by atoms with Gasteiger partial charge in [0.15, 0.2) is 0 Å². The van der Waals surface area contributed by atoms with Crippen LogP contribution in [0.2, 0.25) is 0 Å². The molecule has 0 spiro atoms. The summed E-state index contributed by atoms with van der Waals surface area (Å²) < 4.78 is 44.1. The fourth-order valence-electron chi connectivity index (χ4n) is 3.57. The Labute approximate surface area is 173 Å². The van der Waals surface area contributed by atoms with Gasteiger partial charge in [0.2, 0.25) is 0 Å². The number of hydrogen-bond acceptors (Lipinski definition) is 3. The lowest BCUT2D eigenvalue weighted by Gasteiger charge is -2.22. The van der Waals surface area contributed by atoms with Crippen LogP contribution in [0.5, 0.6) is 0 Å². The van der Waals surface area contributed by atoms with Crippen LogP contribution in [-0.2, 0) is 22.3 Å². The number of hydrogen-bond donors (Lipinski definition) is 1. The fourth-order valence-corrected chi connectivity index (χ4v) is 4.92. The van der Waals surface area contributed by atoms with E-state index in [2.05, 4.69) is 0 Å². The van der Waals surface area contributed by atoms with E-state index in [-0.39, 0.29) is 18.4 Å². The number of carboxylic acid groups (broad SMARTS) is 1. The molecule has 0 heterocycles. The molecule has 1 aromatic carbocycles. The van der Waals surface area contributed by atoms with Gasteiger partial charge < -0.3 is 9.84 Å². The van der Waals surface area contributed by atoms with Crippen molar-refractivity contribution in [2.24, 2.45) is 11.8 Å². The van der Waals surface area contributed by atoms with Gasteiger partial charge in [0.1, 0.15) is 0 Å². The van der Waals surface area contributed by atoms with Crippen LogP contribution in [0.1, 0.15) is 43.2 Å². The molecule has 28 heavy (non-hydrogen) atoms. The van der Waals surface area contributed by atoms with Crippen molar-refractivity contribution in [1.29, 1.82) is 0 Å². The smallest absolute Gasteiger partial charge is 0.416 e. The molecule has 2 rings (SSSR count). The molecule has 1 aromatic rings. The predicted octanol–water partition coefficient (Wildman–Crippen LogP) is 5.84. The van der Waals surface area contributed by atoms with Gasteiger partial charge in [-0.05, 0) is 61.0 Å². The summed E-state index contributed by atoms with van der Waals surface area (Å²) in [4.78, 5) is 10.5. The second kappa shape index (κ2) is 11.3. The van der Waals surface area contributed by atoms with Gasteiger partial charge in [-0.1, -0.05) is 12.1 Å². The lowest BCUT2D eigenvalue weighted by atomic mass is 9.92. The zero-order chi connectivity index (χ0) is 20.6. The molecule has 0 amide bonds. The standard InChI is InChI=1S/C20H26ClF3O3S/c21-18-7-6-15(17(18)5-2-9-28-10-8-19(25)26)13-27-12-14-3-1-4-16(11-14)20(22,23)24/h1,3-4,11,15,17-18H,2,5-10,12-13H2,(H,25,26)/t15-,17-,18-/m1/s1. The third kappa shape index (κ3) is 7.84. The summed E-state index contributed by atoms with van der Waals surface area (Å²) in [6.45, 7) is 0.654. The Morgan fingerprint density at radius 1 is 1.29 bits per heavy atom. The molecule has 0 aliphatic heterocycles. The lowest BCUT2D eigenvalue weighted by Crippen LogP contribution is -2.20. The highest BCUT2D eigenvalue weighted by molar-refractivity contribution is 7.99. The fraction of sp³-hybridized carbons (Fsp3) is 0.650. The average molecular weight is 439 g/mol. The Balaban J connectivity index is 1.73. The van der Waals surface area contributed by atoms with Crippen LogP contribution in [-0.4, -0.2) is 34.6 Å². The maximum atomic E-state index is 12.8. The highest BCUT2D eigenvalue weighted by atomic mass is 35.5. The summed E-state index contributed by atoms with van der Waals surface area (Å²) in [6.07, 6.45) is -0.337. The van der Waals surface area contributed by atoms with Gasteiger partial charge in [-0.2, -0.15) is 24.9 Å². The van der Waals surface area contributed by atoms with Crippen molar-refractivity contribution >= 4 is 29.3 Å². The van der Waals surface area contributed by atoms with E-state index in [0.29, 0.717) is 29.8 Å². The van der Waals surface area contributed by atoms with Gasteiger partial charge in [0.05, 0.1) is 25.2 Å². The molecule has 1 saturated carbocycles. The van der Waals surface area contributed by atoms with E-state index in [9.17, 15) is 18.0 Å². The molecule has 1 fully saturated rings. The largest absolute Gasteiger partial charge is 0.481 e. The number of rotatable bonds is 11. The number of carbonyl (C=O) groups is 1. The Kier molecular flexibility index (Phi) is 9.44. The van der Waals surface area contributed by atoms with Crippen LogP contribution in [0, 0.1) is 11.8 Å². The molecule has 0 saturated heterocycles. The molecule has 0 unspecified atom stereocenters. The van der Waals surface area contributed by atoms with Crippen molar-refractivity contribution in [1.82, 2.24) is 0 Å². The van der Waals surface area contributed by atoms with E-state index in [0.717, 1.165) is 43.6 Å². The maximum Gasteiger partial charge on any atom is 0.416 e. The van der Waals surface area contributed by atoms with Gasteiger partial charge in [0, 0.05) is 11.1 Å². The van der Waals surface area contributed by atoms with Crippen LogP contribution in [0.25, 0.3) is 0 Å². The van der Waals surface area contributed by atoms with Gasteiger partial charge in [-0.3, -0.25) is 4.79 Å². The quantitative estimate of drug-likeness (QED) is 0.348. The monoisotopic (exact) mass is 438 g/mol. The van der Waals surface area contributed by atoms with E-state index in [1.807, 2.05) is 0 Å². The predicted molar refractivity (Wildman–Crippen MR) is 106 cm³/mol. The third-order valence-electron chi connectivity index (χ3n) is 5.02. The number of halogens is 4. The van der Waals surface area contributed by atoms with Crippen molar-refractivity contribution in [3.8, 4) is 0 Å². The van der Waals surface area contributed by atoms with E-state index in [1.165, 1.54) is 6.07 Å². The highest BCUT2D eigenvalue weighted by Crippen LogP contribution is 2.39. The third-order valence-corrected chi connectivity index (χ3v) is 6.64. The molecule has 1 aliphatic carbocycles. The second-order valence-corrected chi connectivity index (χ2v) is 8.91. The zero-order valence-corrected chi connectivity index (χ0v) is 17.2. The number of carboxylic acids is 1. The Morgan fingerprint density at radius 3 is 2.79 bits per heavy atom. The Bertz CT molecular complexity index is 627. The summed E-state index contributed by atoms with van der Waals surface area (Å²) in [5, 5.41) is 8.73. The summed E-state index contributed by atoms with van der Waals surface area (Å²) in [5.74, 6) is 1.40. The first-order valence-corrected chi connectivity index (χ1v) is 11.0. The normalized spacial score (nSPS) is 22.5. The van der Waals surface area contributed by atoms with E-state index in [1.54, 1.807) is 17.8 Å². The molecular weight excluding hydrogens is 413 g/mol. The zero-order valence-electron chi connectivity index (χ0n) is 15.6. The number of alkyl halides is 4. The van der Waals surface area contributed by atoms with E-state index < -0.39 is 17.7 Å². The Morgan fingerprint density at radius 2 is 2.07 bits per heavy atom. The first-order valence-electron chi connectivity index (χ1n) is 9.45. The van der Waals surface area contributed by atoms with Gasteiger partial charge in [-0.25, -0.2) is 0 Å².